The lowest BCUT2D eigenvalue weighted by atomic mass is 10.2. The number of hydrogen-bond donors (Lipinski definition) is 3. The monoisotopic (exact) mass is 491 g/mol. The third-order valence-corrected chi connectivity index (χ3v) is 5.17. The van der Waals surface area contributed by atoms with E-state index in [1.165, 1.54) is 0 Å². The number of aromatic nitrogens is 2. The fraction of sp³-hybridized carbons (Fsp3) is 0.125. The van der Waals surface area contributed by atoms with Crippen molar-refractivity contribution in [3.8, 4) is 0 Å². The van der Waals surface area contributed by atoms with Crippen molar-refractivity contribution < 1.29 is 9.21 Å². The van der Waals surface area contributed by atoms with Gasteiger partial charge in [-0.1, -0.05) is 35.4 Å². The molecule has 0 unspecified atom stereocenters. The first-order valence-corrected chi connectivity index (χ1v) is 10.8. The van der Waals surface area contributed by atoms with Gasteiger partial charge in [0.1, 0.15) is 5.69 Å². The summed E-state index contributed by atoms with van der Waals surface area (Å²) in [7, 11) is 0. The number of carbonyl (C=O) groups is 1. The highest BCUT2D eigenvalue weighted by atomic mass is 79.9. The van der Waals surface area contributed by atoms with E-state index in [1.54, 1.807) is 12.1 Å². The highest BCUT2D eigenvalue weighted by Crippen LogP contribution is 2.29. The Morgan fingerprint density at radius 1 is 0.812 bits per heavy atom. The Labute approximate surface area is 194 Å². The zero-order valence-corrected chi connectivity index (χ0v) is 19.4. The average molecular weight is 492 g/mol. The van der Waals surface area contributed by atoms with Crippen LogP contribution in [0.5, 0.6) is 0 Å². The molecule has 0 aliphatic carbocycles. The van der Waals surface area contributed by atoms with Crippen LogP contribution < -0.4 is 16.0 Å². The van der Waals surface area contributed by atoms with Crippen LogP contribution >= 0.6 is 15.9 Å². The molecule has 162 valence electrons. The lowest BCUT2D eigenvalue weighted by molar-refractivity contribution is 0.0995. The van der Waals surface area contributed by atoms with Crippen LogP contribution in [0, 0.1) is 20.8 Å². The van der Waals surface area contributed by atoms with Crippen molar-refractivity contribution in [2.45, 2.75) is 20.8 Å². The lowest BCUT2D eigenvalue weighted by Gasteiger charge is -2.16. The van der Waals surface area contributed by atoms with Crippen LogP contribution in [0.3, 0.4) is 0 Å². The summed E-state index contributed by atoms with van der Waals surface area (Å²) >= 11 is 3.22. The van der Waals surface area contributed by atoms with Crippen LogP contribution in [0.25, 0.3) is 0 Å². The number of rotatable bonds is 6. The Morgan fingerprint density at radius 3 is 1.97 bits per heavy atom. The van der Waals surface area contributed by atoms with Crippen molar-refractivity contribution in [3.05, 3.63) is 87.9 Å². The molecule has 8 heteroatoms. The Kier molecular flexibility index (Phi) is 6.23. The Bertz CT molecular complexity index is 1250. The summed E-state index contributed by atoms with van der Waals surface area (Å²) in [5.74, 6) is 0.669. The highest BCUT2D eigenvalue weighted by molar-refractivity contribution is 9.10. The summed E-state index contributed by atoms with van der Waals surface area (Å²) in [4.78, 5) is 21.9. The first kappa shape index (κ1) is 21.6. The van der Waals surface area contributed by atoms with E-state index in [0.717, 1.165) is 22.5 Å². The maximum Gasteiger partial charge on any atom is 0.291 e. The van der Waals surface area contributed by atoms with Crippen molar-refractivity contribution in [2.75, 3.05) is 16.0 Å². The van der Waals surface area contributed by atoms with Crippen LogP contribution in [0.4, 0.5) is 28.8 Å². The minimum absolute atomic E-state index is 0.180. The van der Waals surface area contributed by atoms with Gasteiger partial charge in [-0.15, -0.1) is 0 Å². The third kappa shape index (κ3) is 5.15. The molecule has 0 saturated carbocycles. The van der Waals surface area contributed by atoms with E-state index in [1.807, 2.05) is 69.3 Å². The van der Waals surface area contributed by atoms with E-state index in [4.69, 9.17) is 4.42 Å². The summed E-state index contributed by atoms with van der Waals surface area (Å²) in [5, 5.41) is 9.39. The van der Waals surface area contributed by atoms with Crippen LogP contribution in [0.2, 0.25) is 0 Å². The second-order valence-electron chi connectivity index (χ2n) is 7.40. The maximum absolute atomic E-state index is 12.7. The van der Waals surface area contributed by atoms with Gasteiger partial charge in [0.15, 0.2) is 16.2 Å². The number of amides is 1. The minimum atomic E-state index is -0.395. The number of furan rings is 1. The normalized spacial score (nSPS) is 10.6. The van der Waals surface area contributed by atoms with E-state index in [2.05, 4.69) is 41.8 Å². The smallest absolute Gasteiger partial charge is 0.291 e. The molecular formula is C24H22BrN5O2. The van der Waals surface area contributed by atoms with Crippen LogP contribution in [-0.2, 0) is 0 Å². The SMILES string of the molecule is Cc1ccc(Nc2nc(C)c(NC(=O)c3ccc(Br)o3)c(Nc3ccc(C)cc3)n2)cc1. The second-order valence-corrected chi connectivity index (χ2v) is 8.18. The van der Waals surface area contributed by atoms with Crippen molar-refractivity contribution in [1.82, 2.24) is 9.97 Å². The molecule has 0 aliphatic rings. The quantitative estimate of drug-likeness (QED) is 0.285. The average Bonchev–Trinajstić information content (AvgIpc) is 3.20. The van der Waals surface area contributed by atoms with Crippen molar-refractivity contribution in [1.29, 1.82) is 0 Å². The van der Waals surface area contributed by atoms with Gasteiger partial charge in [0.2, 0.25) is 5.95 Å². The van der Waals surface area contributed by atoms with Gasteiger partial charge >= 0.3 is 0 Å². The summed E-state index contributed by atoms with van der Waals surface area (Å²) in [6, 6.07) is 19.1. The molecule has 3 N–H and O–H groups in total. The molecule has 2 aromatic heterocycles. The minimum Gasteiger partial charge on any atom is -0.444 e. The van der Waals surface area contributed by atoms with Crippen LogP contribution in [0.15, 0.2) is 69.8 Å². The standard InChI is InChI=1S/C24H22BrN5O2/c1-14-4-8-17(9-5-14)27-22-21(29-23(31)19-12-13-20(25)32-19)16(3)26-24(30-22)28-18-10-6-15(2)7-11-18/h4-13H,1-3H3,(H,29,31)(H2,26,27,28,30). The molecule has 4 rings (SSSR count). The molecule has 1 amide bonds. The lowest BCUT2D eigenvalue weighted by Crippen LogP contribution is -2.15. The molecule has 0 atom stereocenters. The molecule has 0 bridgehead atoms. The molecule has 4 aromatic rings. The Hall–Kier alpha value is -3.65. The number of anilines is 5. The molecule has 0 radical (unpaired) electrons. The largest absolute Gasteiger partial charge is 0.444 e. The number of nitrogens with one attached hydrogen (secondary N) is 3. The summed E-state index contributed by atoms with van der Waals surface area (Å²) < 4.78 is 5.85. The predicted molar refractivity (Wildman–Crippen MR) is 130 cm³/mol. The molecule has 0 fully saturated rings. The van der Waals surface area contributed by atoms with Crippen LogP contribution in [0.1, 0.15) is 27.4 Å². The van der Waals surface area contributed by atoms with Gasteiger partial charge < -0.3 is 20.4 Å². The van der Waals surface area contributed by atoms with Crippen molar-refractivity contribution >= 4 is 50.7 Å². The van der Waals surface area contributed by atoms with E-state index < -0.39 is 5.91 Å². The third-order valence-electron chi connectivity index (χ3n) is 4.75. The van der Waals surface area contributed by atoms with Crippen molar-refractivity contribution in [2.24, 2.45) is 0 Å². The molecule has 0 spiro atoms. The van der Waals surface area contributed by atoms with Gasteiger partial charge in [-0.3, -0.25) is 4.79 Å². The fourth-order valence-electron chi connectivity index (χ4n) is 3.02. The zero-order chi connectivity index (χ0) is 22.7. The number of halogens is 1. The zero-order valence-electron chi connectivity index (χ0n) is 17.9. The van der Waals surface area contributed by atoms with Crippen molar-refractivity contribution in [3.63, 3.8) is 0 Å². The van der Waals surface area contributed by atoms with Gasteiger partial charge in [0.25, 0.3) is 5.91 Å². The van der Waals surface area contributed by atoms with E-state index in [-0.39, 0.29) is 5.76 Å². The summed E-state index contributed by atoms with van der Waals surface area (Å²) in [5.41, 5.74) is 5.09. The van der Waals surface area contributed by atoms with E-state index in [0.29, 0.717) is 27.8 Å². The van der Waals surface area contributed by atoms with E-state index in [9.17, 15) is 4.79 Å². The van der Waals surface area contributed by atoms with Gasteiger partial charge in [0.05, 0.1) is 5.69 Å². The van der Waals surface area contributed by atoms with Gasteiger partial charge in [0, 0.05) is 11.4 Å². The molecule has 7 nitrogen and oxygen atoms in total. The first-order chi connectivity index (χ1) is 15.4. The predicted octanol–water partition coefficient (Wildman–Crippen LogP) is 6.50. The maximum atomic E-state index is 12.7. The summed E-state index contributed by atoms with van der Waals surface area (Å²) in [6.07, 6.45) is 0. The molecule has 0 saturated heterocycles. The van der Waals surface area contributed by atoms with Gasteiger partial charge in [-0.2, -0.15) is 4.98 Å². The number of aryl methyl sites for hydroxylation is 3. The highest BCUT2D eigenvalue weighted by Gasteiger charge is 2.18. The van der Waals surface area contributed by atoms with Crippen LogP contribution in [-0.4, -0.2) is 15.9 Å². The van der Waals surface area contributed by atoms with E-state index >= 15 is 0 Å². The Morgan fingerprint density at radius 2 is 1.41 bits per heavy atom. The molecule has 32 heavy (non-hydrogen) atoms. The number of hydrogen-bond acceptors (Lipinski definition) is 6. The molecule has 0 aliphatic heterocycles. The number of benzene rings is 2. The Balaban J connectivity index is 1.68. The molecular weight excluding hydrogens is 470 g/mol. The first-order valence-electron chi connectivity index (χ1n) is 10.00. The van der Waals surface area contributed by atoms with Gasteiger partial charge in [-0.25, -0.2) is 4.98 Å². The summed E-state index contributed by atoms with van der Waals surface area (Å²) in [6.45, 7) is 5.87. The fourth-order valence-corrected chi connectivity index (χ4v) is 3.33. The van der Waals surface area contributed by atoms with Gasteiger partial charge in [-0.05, 0) is 73.1 Å². The molecule has 2 heterocycles. The second kappa shape index (κ2) is 9.23. The molecule has 2 aromatic carbocycles. The topological polar surface area (TPSA) is 92.1 Å². The number of carbonyl (C=O) groups excluding carboxylic acids is 1. The number of nitrogens with zero attached hydrogens (tertiary/aromatic N) is 2.